The highest BCUT2D eigenvalue weighted by Gasteiger charge is 2.13. The second kappa shape index (κ2) is 7.23. The summed E-state index contributed by atoms with van der Waals surface area (Å²) in [6.07, 6.45) is 1.50. The topological polar surface area (TPSA) is 62.2 Å². The highest BCUT2D eigenvalue weighted by molar-refractivity contribution is 7.16. The Bertz CT molecular complexity index is 686. The average molecular weight is 321 g/mol. The summed E-state index contributed by atoms with van der Waals surface area (Å²) >= 11 is 7.31. The zero-order valence-corrected chi connectivity index (χ0v) is 12.8. The van der Waals surface area contributed by atoms with Crippen molar-refractivity contribution in [3.63, 3.8) is 0 Å². The van der Waals surface area contributed by atoms with Crippen molar-refractivity contribution < 1.29 is 9.90 Å². The van der Waals surface area contributed by atoms with E-state index in [-0.39, 0.29) is 18.6 Å². The molecule has 0 aromatic carbocycles. The maximum absolute atomic E-state index is 12.1. The highest BCUT2D eigenvalue weighted by Crippen LogP contribution is 2.26. The lowest BCUT2D eigenvalue weighted by atomic mass is 10.2. The van der Waals surface area contributed by atoms with Crippen LogP contribution in [0.5, 0.6) is 0 Å². The van der Waals surface area contributed by atoms with Crippen molar-refractivity contribution >= 4 is 28.8 Å². The van der Waals surface area contributed by atoms with Crippen molar-refractivity contribution in [1.82, 2.24) is 10.3 Å². The van der Waals surface area contributed by atoms with Crippen molar-refractivity contribution in [2.45, 2.75) is 13.0 Å². The van der Waals surface area contributed by atoms with E-state index in [0.717, 1.165) is 4.88 Å². The third-order valence-corrected chi connectivity index (χ3v) is 4.09. The van der Waals surface area contributed by atoms with Crippen molar-refractivity contribution in [2.24, 2.45) is 0 Å². The minimum Gasteiger partial charge on any atom is -0.384 e. The molecule has 0 saturated carbocycles. The number of aliphatic hydroxyl groups excluding tert-OH is 1. The van der Waals surface area contributed by atoms with Crippen LogP contribution in [0.2, 0.25) is 4.34 Å². The lowest BCUT2D eigenvalue weighted by Gasteiger charge is -2.11. The fourth-order valence-corrected chi connectivity index (χ4v) is 2.71. The van der Waals surface area contributed by atoms with E-state index in [1.54, 1.807) is 18.2 Å². The van der Waals surface area contributed by atoms with Crippen LogP contribution in [0, 0.1) is 11.8 Å². The van der Waals surface area contributed by atoms with Gasteiger partial charge in [0.2, 0.25) is 0 Å². The van der Waals surface area contributed by atoms with Gasteiger partial charge in [-0.1, -0.05) is 23.4 Å². The highest BCUT2D eigenvalue weighted by atomic mass is 35.5. The zero-order valence-electron chi connectivity index (χ0n) is 11.3. The molecule has 0 fully saturated rings. The third kappa shape index (κ3) is 4.30. The van der Waals surface area contributed by atoms with Gasteiger partial charge < -0.3 is 10.4 Å². The Hall–Kier alpha value is -1.87. The zero-order chi connectivity index (χ0) is 15.2. The Labute approximate surface area is 131 Å². The number of aliphatic hydroxyl groups is 1. The van der Waals surface area contributed by atoms with Gasteiger partial charge in [-0.2, -0.15) is 0 Å². The molecule has 0 radical (unpaired) electrons. The Morgan fingerprint density at radius 3 is 2.86 bits per heavy atom. The summed E-state index contributed by atoms with van der Waals surface area (Å²) in [4.78, 5) is 17.1. The normalized spacial score (nSPS) is 11.4. The number of hydrogen-bond donors (Lipinski definition) is 2. The number of carbonyl (C=O) groups excluding carboxylic acids is 1. The average Bonchev–Trinajstić information content (AvgIpc) is 2.92. The summed E-state index contributed by atoms with van der Waals surface area (Å²) in [6.45, 7) is 1.68. The van der Waals surface area contributed by atoms with Gasteiger partial charge in [0.25, 0.3) is 5.91 Å². The van der Waals surface area contributed by atoms with Gasteiger partial charge in [0.1, 0.15) is 12.3 Å². The number of rotatable bonds is 3. The molecule has 2 aromatic rings. The Morgan fingerprint density at radius 1 is 1.48 bits per heavy atom. The van der Waals surface area contributed by atoms with Crippen LogP contribution in [0.15, 0.2) is 30.5 Å². The van der Waals surface area contributed by atoms with Crippen LogP contribution in [0.1, 0.15) is 33.9 Å². The SMILES string of the molecule is CC(NC(=O)c1ccc(C#CCO)cn1)c1ccc(Cl)s1. The molecule has 108 valence electrons. The van der Waals surface area contributed by atoms with Gasteiger partial charge in [-0.25, -0.2) is 4.98 Å². The maximum atomic E-state index is 12.1. The quantitative estimate of drug-likeness (QED) is 0.855. The molecule has 0 spiro atoms. The van der Waals surface area contributed by atoms with Crippen LogP contribution < -0.4 is 5.32 Å². The van der Waals surface area contributed by atoms with Gasteiger partial charge in [0, 0.05) is 16.6 Å². The van der Waals surface area contributed by atoms with Gasteiger partial charge in [-0.3, -0.25) is 4.79 Å². The van der Waals surface area contributed by atoms with Crippen LogP contribution in [0.4, 0.5) is 0 Å². The molecule has 2 rings (SSSR count). The summed E-state index contributed by atoms with van der Waals surface area (Å²) in [7, 11) is 0. The monoisotopic (exact) mass is 320 g/mol. The summed E-state index contributed by atoms with van der Waals surface area (Å²) in [6, 6.07) is 6.85. The number of pyridine rings is 1. The maximum Gasteiger partial charge on any atom is 0.270 e. The van der Waals surface area contributed by atoms with Gasteiger partial charge in [0.15, 0.2) is 0 Å². The van der Waals surface area contributed by atoms with Crippen LogP contribution in [0.3, 0.4) is 0 Å². The number of amides is 1. The van der Waals surface area contributed by atoms with Crippen molar-refractivity contribution in [3.8, 4) is 11.8 Å². The molecule has 2 aromatic heterocycles. The van der Waals surface area contributed by atoms with Crippen LogP contribution in [-0.4, -0.2) is 22.6 Å². The number of hydrogen-bond acceptors (Lipinski definition) is 4. The number of halogens is 1. The molecule has 1 unspecified atom stereocenters. The first-order valence-corrected chi connectivity index (χ1v) is 7.41. The molecule has 2 N–H and O–H groups in total. The molecule has 0 aliphatic heterocycles. The summed E-state index contributed by atoms with van der Waals surface area (Å²) < 4.78 is 0.691. The minimum atomic E-state index is -0.256. The first kappa shape index (κ1) is 15.5. The molecular weight excluding hydrogens is 308 g/mol. The van der Waals surface area contributed by atoms with E-state index in [4.69, 9.17) is 16.7 Å². The smallest absolute Gasteiger partial charge is 0.270 e. The molecule has 1 atom stereocenters. The standard InChI is InChI=1S/C15H13ClN2O2S/c1-10(13-6-7-14(16)21-13)18-15(20)12-5-4-11(9-17-12)3-2-8-19/h4-7,9-10,19H,8H2,1H3,(H,18,20). The lowest BCUT2D eigenvalue weighted by molar-refractivity contribution is 0.0935. The number of carbonyl (C=O) groups is 1. The molecule has 21 heavy (non-hydrogen) atoms. The molecule has 4 nitrogen and oxygen atoms in total. The van der Waals surface area contributed by atoms with Gasteiger partial charge in [-0.05, 0) is 31.2 Å². The van der Waals surface area contributed by atoms with Gasteiger partial charge in [0.05, 0.1) is 10.4 Å². The van der Waals surface area contributed by atoms with E-state index in [1.165, 1.54) is 17.5 Å². The number of nitrogens with zero attached hydrogens (tertiary/aromatic N) is 1. The van der Waals surface area contributed by atoms with Gasteiger partial charge in [-0.15, -0.1) is 11.3 Å². The largest absolute Gasteiger partial charge is 0.384 e. The molecule has 1 amide bonds. The minimum absolute atomic E-state index is 0.134. The number of thiophene rings is 1. The first-order chi connectivity index (χ1) is 10.1. The molecule has 0 aliphatic carbocycles. The number of nitrogens with one attached hydrogen (secondary N) is 1. The third-order valence-electron chi connectivity index (χ3n) is 2.68. The van der Waals surface area contributed by atoms with Crippen LogP contribution in [-0.2, 0) is 0 Å². The lowest BCUT2D eigenvalue weighted by Crippen LogP contribution is -2.26. The van der Waals surface area contributed by atoms with E-state index >= 15 is 0 Å². The Balaban J connectivity index is 2.03. The predicted octanol–water partition coefficient (Wildman–Crippen LogP) is 2.63. The van der Waals surface area contributed by atoms with E-state index in [2.05, 4.69) is 22.1 Å². The fraction of sp³-hybridized carbons (Fsp3) is 0.200. The summed E-state index contributed by atoms with van der Waals surface area (Å²) in [5.74, 6) is 4.99. The molecular formula is C15H13ClN2O2S. The van der Waals surface area contributed by atoms with Crippen molar-refractivity contribution in [1.29, 1.82) is 0 Å². The summed E-state index contributed by atoms with van der Waals surface area (Å²) in [5, 5.41) is 11.5. The molecule has 0 aliphatic rings. The van der Waals surface area contributed by atoms with Crippen molar-refractivity contribution in [3.05, 3.63) is 50.9 Å². The second-order valence-corrected chi connectivity index (χ2v) is 5.98. The van der Waals surface area contributed by atoms with E-state index in [0.29, 0.717) is 15.6 Å². The van der Waals surface area contributed by atoms with Gasteiger partial charge >= 0.3 is 0 Å². The van der Waals surface area contributed by atoms with E-state index in [9.17, 15) is 4.79 Å². The summed E-state index contributed by atoms with van der Waals surface area (Å²) in [5.41, 5.74) is 0.970. The second-order valence-electron chi connectivity index (χ2n) is 4.23. The van der Waals surface area contributed by atoms with E-state index in [1.807, 2.05) is 13.0 Å². The first-order valence-electron chi connectivity index (χ1n) is 6.22. The van der Waals surface area contributed by atoms with Crippen LogP contribution >= 0.6 is 22.9 Å². The molecule has 0 saturated heterocycles. The predicted molar refractivity (Wildman–Crippen MR) is 83.4 cm³/mol. The Kier molecular flexibility index (Phi) is 5.34. The van der Waals surface area contributed by atoms with Crippen molar-refractivity contribution in [2.75, 3.05) is 6.61 Å². The molecule has 0 bridgehead atoms. The molecule has 6 heteroatoms. The molecule has 2 heterocycles. The number of aromatic nitrogens is 1. The fourth-order valence-electron chi connectivity index (χ4n) is 1.65. The van der Waals surface area contributed by atoms with E-state index < -0.39 is 0 Å². The van der Waals surface area contributed by atoms with Crippen LogP contribution in [0.25, 0.3) is 0 Å². The Morgan fingerprint density at radius 2 is 2.29 bits per heavy atom.